The fraction of sp³-hybridized carbons (Fsp3) is 0.643. The summed E-state index contributed by atoms with van der Waals surface area (Å²) in [7, 11) is -2.10. The van der Waals surface area contributed by atoms with Crippen molar-refractivity contribution in [2.24, 2.45) is 17.8 Å². The third kappa shape index (κ3) is 7.65. The van der Waals surface area contributed by atoms with Crippen LogP contribution < -0.4 is 14.4 Å². The molecular formula is C42H59ClN4O5S. The van der Waals surface area contributed by atoms with Crippen LogP contribution in [-0.2, 0) is 26.6 Å². The molecule has 7 rings (SSSR count). The summed E-state index contributed by atoms with van der Waals surface area (Å²) in [6.07, 6.45) is 10.1. The predicted octanol–water partition coefficient (Wildman–Crippen LogP) is 6.68. The highest BCUT2D eigenvalue weighted by atomic mass is 35.5. The van der Waals surface area contributed by atoms with E-state index in [2.05, 4.69) is 64.5 Å². The van der Waals surface area contributed by atoms with Gasteiger partial charge in [0.15, 0.2) is 0 Å². The molecule has 2 aromatic carbocycles. The maximum atomic E-state index is 13.7. The Hall–Kier alpha value is -2.63. The third-order valence-electron chi connectivity index (χ3n) is 13.4. The first-order valence-corrected chi connectivity index (χ1v) is 21.6. The molecule has 0 radical (unpaired) electrons. The lowest BCUT2D eigenvalue weighted by Gasteiger charge is -2.52. The van der Waals surface area contributed by atoms with Gasteiger partial charge in [0.2, 0.25) is 10.0 Å². The zero-order valence-corrected chi connectivity index (χ0v) is 34.1. The van der Waals surface area contributed by atoms with Gasteiger partial charge in [0.05, 0.1) is 17.5 Å². The number of fused-ring (bicyclic) bond motifs is 4. The highest BCUT2D eigenvalue weighted by molar-refractivity contribution is 7.90. The van der Waals surface area contributed by atoms with Gasteiger partial charge >= 0.3 is 0 Å². The fourth-order valence-corrected chi connectivity index (χ4v) is 11.2. The summed E-state index contributed by atoms with van der Waals surface area (Å²) >= 11 is 6.51. The number of halogens is 1. The number of ether oxygens (including phenoxy) is 2. The molecule has 5 aliphatic rings. The van der Waals surface area contributed by atoms with Crippen LogP contribution in [0.25, 0.3) is 0 Å². The van der Waals surface area contributed by atoms with E-state index in [4.69, 9.17) is 21.1 Å². The van der Waals surface area contributed by atoms with Gasteiger partial charge in [0, 0.05) is 74.5 Å². The smallest absolute Gasteiger partial charge is 0.264 e. The SMILES string of the molecule is CO[C@]1(CN2CCN(C(C)(C)C)CC2)/C=C/C[C@H](C)[C@@H](C)S(=O)(=O)NC(=O)c2ccc3c(c2)N(C[C@@H]2CC[C@H]21)C[C@@]1(CCCc2cc(Cl)ccc21)CO3. The van der Waals surface area contributed by atoms with Crippen LogP contribution in [0.5, 0.6) is 5.75 Å². The van der Waals surface area contributed by atoms with Crippen molar-refractivity contribution in [2.45, 2.75) is 94.9 Å². The number of methoxy groups -OCH3 is 1. The van der Waals surface area contributed by atoms with Crippen molar-refractivity contribution < 1.29 is 22.7 Å². The number of nitrogens with one attached hydrogen (secondary N) is 1. The lowest BCUT2D eigenvalue weighted by atomic mass is 9.63. The van der Waals surface area contributed by atoms with E-state index >= 15 is 0 Å². The molecule has 0 unspecified atom stereocenters. The average molecular weight is 767 g/mol. The summed E-state index contributed by atoms with van der Waals surface area (Å²) in [5.74, 6) is 0.496. The summed E-state index contributed by atoms with van der Waals surface area (Å²) in [6, 6.07) is 11.7. The number of piperazine rings is 1. The van der Waals surface area contributed by atoms with Gasteiger partial charge in [-0.3, -0.25) is 14.6 Å². The van der Waals surface area contributed by atoms with Crippen LogP contribution in [0.15, 0.2) is 48.6 Å². The van der Waals surface area contributed by atoms with Gasteiger partial charge in [0.1, 0.15) is 11.4 Å². The van der Waals surface area contributed by atoms with E-state index in [0.29, 0.717) is 24.5 Å². The maximum absolute atomic E-state index is 13.7. The van der Waals surface area contributed by atoms with Gasteiger partial charge in [-0.1, -0.05) is 36.7 Å². The highest BCUT2D eigenvalue weighted by Gasteiger charge is 2.50. The first-order chi connectivity index (χ1) is 25.1. The van der Waals surface area contributed by atoms with Crippen LogP contribution in [0, 0.1) is 17.8 Å². The Bertz CT molecular complexity index is 1820. The molecule has 11 heteroatoms. The Morgan fingerprint density at radius 2 is 1.83 bits per heavy atom. The average Bonchev–Trinajstić information content (AvgIpc) is 3.25. The molecule has 53 heavy (non-hydrogen) atoms. The molecule has 1 spiro atoms. The molecule has 3 heterocycles. The van der Waals surface area contributed by atoms with Crippen molar-refractivity contribution in [3.05, 3.63) is 70.3 Å². The summed E-state index contributed by atoms with van der Waals surface area (Å²) in [5.41, 5.74) is 3.05. The summed E-state index contributed by atoms with van der Waals surface area (Å²) in [6.45, 7) is 17.3. The molecule has 2 bridgehead atoms. The number of rotatable bonds is 3. The van der Waals surface area contributed by atoms with Gasteiger partial charge in [-0.05, 0) is 125 Å². The molecule has 1 amide bonds. The number of nitrogens with zero attached hydrogens (tertiary/aromatic N) is 3. The third-order valence-corrected chi connectivity index (χ3v) is 15.6. The van der Waals surface area contributed by atoms with Crippen molar-refractivity contribution in [1.82, 2.24) is 14.5 Å². The van der Waals surface area contributed by atoms with E-state index in [1.807, 2.05) is 32.2 Å². The largest absolute Gasteiger partial charge is 0.490 e. The molecule has 1 saturated heterocycles. The molecule has 9 nitrogen and oxygen atoms in total. The van der Waals surface area contributed by atoms with Crippen molar-refractivity contribution in [1.29, 1.82) is 0 Å². The van der Waals surface area contributed by atoms with Crippen molar-refractivity contribution >= 4 is 33.2 Å². The Balaban J connectivity index is 1.28. The second kappa shape index (κ2) is 14.8. The lowest BCUT2D eigenvalue weighted by Crippen LogP contribution is -2.60. The maximum Gasteiger partial charge on any atom is 0.264 e. The highest BCUT2D eigenvalue weighted by Crippen LogP contribution is 2.49. The van der Waals surface area contributed by atoms with E-state index in [-0.39, 0.29) is 22.8 Å². The Kier molecular flexibility index (Phi) is 10.8. The second-order valence-corrected chi connectivity index (χ2v) is 20.1. The zero-order valence-electron chi connectivity index (χ0n) is 32.5. The monoisotopic (exact) mass is 766 g/mol. The van der Waals surface area contributed by atoms with Crippen LogP contribution in [0.3, 0.4) is 0 Å². The number of carbonyl (C=O) groups excluding carboxylic acids is 1. The molecular weight excluding hydrogens is 708 g/mol. The van der Waals surface area contributed by atoms with Crippen LogP contribution in [0.2, 0.25) is 5.02 Å². The molecule has 2 aliphatic carbocycles. The van der Waals surface area contributed by atoms with E-state index in [1.165, 1.54) is 11.1 Å². The number of sulfonamides is 1. The van der Waals surface area contributed by atoms with E-state index in [9.17, 15) is 13.2 Å². The standard InChI is InChI=1S/C42H59ClN4O5S/c1-29-9-7-18-42(51-6,27-45-19-21-47(22-20-45)40(3,4)5)36-14-11-33(36)25-46-26-41(17-8-10-31-23-34(43)13-15-35(31)41)28-52-38-16-12-32(24-37(38)46)39(48)44-53(49,50)30(29)2/h7,12-13,15-16,18,23-24,29-30,33,36H,8-11,14,17,19-22,25-28H2,1-6H3,(H,44,48)/b18-7+/t29-,30+,33-,36+,41-,42-/m0/s1. The topological polar surface area (TPSA) is 91.4 Å². The van der Waals surface area contributed by atoms with Crippen molar-refractivity contribution in [3.63, 3.8) is 0 Å². The van der Waals surface area contributed by atoms with Gasteiger partial charge in [0.25, 0.3) is 5.91 Å². The molecule has 0 aromatic heterocycles. The molecule has 2 aromatic rings. The number of hydrogen-bond acceptors (Lipinski definition) is 8. The summed E-state index contributed by atoms with van der Waals surface area (Å²) in [4.78, 5) is 21.2. The predicted molar refractivity (Wildman–Crippen MR) is 213 cm³/mol. The number of anilines is 1. The van der Waals surface area contributed by atoms with Crippen molar-refractivity contribution in [2.75, 3.05) is 64.4 Å². The number of hydrogen-bond donors (Lipinski definition) is 1. The molecule has 6 atom stereocenters. The van der Waals surface area contributed by atoms with Gasteiger partial charge < -0.3 is 14.4 Å². The summed E-state index contributed by atoms with van der Waals surface area (Å²) in [5, 5.41) is -0.0256. The molecule has 3 aliphatic heterocycles. The summed E-state index contributed by atoms with van der Waals surface area (Å²) < 4.78 is 43.1. The minimum atomic E-state index is -3.95. The van der Waals surface area contributed by atoms with Crippen LogP contribution in [0.4, 0.5) is 5.69 Å². The number of carbonyl (C=O) groups is 1. The number of benzene rings is 2. The minimum Gasteiger partial charge on any atom is -0.490 e. The first-order valence-electron chi connectivity index (χ1n) is 19.7. The van der Waals surface area contributed by atoms with Crippen LogP contribution >= 0.6 is 11.6 Å². The first kappa shape index (κ1) is 38.6. The number of aryl methyl sites for hydroxylation is 1. The molecule has 1 N–H and O–H groups in total. The zero-order chi connectivity index (χ0) is 37.8. The quantitative estimate of drug-likeness (QED) is 0.346. The number of amides is 1. The van der Waals surface area contributed by atoms with Gasteiger partial charge in [-0.2, -0.15) is 0 Å². The van der Waals surface area contributed by atoms with Crippen LogP contribution in [0.1, 0.15) is 88.2 Å². The van der Waals surface area contributed by atoms with Gasteiger partial charge in [-0.25, -0.2) is 13.1 Å². The normalized spacial score (nSPS) is 33.1. The van der Waals surface area contributed by atoms with E-state index in [0.717, 1.165) is 94.4 Å². The Morgan fingerprint density at radius 3 is 2.53 bits per heavy atom. The van der Waals surface area contributed by atoms with Crippen molar-refractivity contribution in [3.8, 4) is 5.75 Å². The molecule has 2 fully saturated rings. The Labute approximate surface area is 322 Å². The number of allylic oxidation sites excluding steroid dienone is 1. The van der Waals surface area contributed by atoms with Crippen LogP contribution in [-0.4, -0.2) is 100 Å². The van der Waals surface area contributed by atoms with E-state index in [1.54, 1.807) is 13.0 Å². The Morgan fingerprint density at radius 1 is 1.06 bits per heavy atom. The molecule has 1 saturated carbocycles. The fourth-order valence-electron chi connectivity index (χ4n) is 9.73. The van der Waals surface area contributed by atoms with Gasteiger partial charge in [-0.15, -0.1) is 0 Å². The second-order valence-electron chi connectivity index (χ2n) is 17.6. The van der Waals surface area contributed by atoms with E-state index < -0.39 is 26.8 Å². The lowest BCUT2D eigenvalue weighted by molar-refractivity contribution is -0.0975. The minimum absolute atomic E-state index is 0.133. The molecule has 290 valence electrons.